The van der Waals surface area contributed by atoms with E-state index >= 15 is 0 Å². The van der Waals surface area contributed by atoms with Crippen molar-refractivity contribution in [3.05, 3.63) is 53.1 Å². The largest absolute Gasteiger partial charge is 0.454 e. The van der Waals surface area contributed by atoms with Gasteiger partial charge in [0.25, 0.3) is 0 Å². The van der Waals surface area contributed by atoms with Gasteiger partial charge in [0, 0.05) is 24.2 Å². The first-order valence-corrected chi connectivity index (χ1v) is 12.5. The standard InChI is InChI=1S/C22H26ClN3O6S/c1-4-24-22(28)15(2)25(12-16-6-5-7-17(23)10-16)21(27)13-26(33(3,29)30)18-8-9-19-20(11-18)32-14-31-19/h5-11,15H,4,12-14H2,1-3H3,(H,24,28)/t15-/m1/s1. The van der Waals surface area contributed by atoms with Gasteiger partial charge < -0.3 is 19.7 Å². The van der Waals surface area contributed by atoms with Crippen LogP contribution in [0.15, 0.2) is 42.5 Å². The van der Waals surface area contributed by atoms with Gasteiger partial charge in [-0.3, -0.25) is 13.9 Å². The highest BCUT2D eigenvalue weighted by Crippen LogP contribution is 2.36. The molecule has 0 unspecified atom stereocenters. The molecule has 3 rings (SSSR count). The minimum absolute atomic E-state index is 0.0358. The minimum atomic E-state index is -3.83. The van der Waals surface area contributed by atoms with E-state index in [0.29, 0.717) is 28.6 Å². The second-order valence-corrected chi connectivity index (χ2v) is 9.87. The van der Waals surface area contributed by atoms with Crippen LogP contribution in [0.4, 0.5) is 5.69 Å². The van der Waals surface area contributed by atoms with Crippen LogP contribution >= 0.6 is 11.6 Å². The molecular weight excluding hydrogens is 470 g/mol. The Morgan fingerprint density at radius 1 is 1.15 bits per heavy atom. The fourth-order valence-corrected chi connectivity index (χ4v) is 4.44. The third kappa shape index (κ3) is 6.08. The Morgan fingerprint density at radius 3 is 2.55 bits per heavy atom. The predicted molar refractivity (Wildman–Crippen MR) is 125 cm³/mol. The Morgan fingerprint density at radius 2 is 1.88 bits per heavy atom. The van der Waals surface area contributed by atoms with Gasteiger partial charge in [-0.25, -0.2) is 8.42 Å². The van der Waals surface area contributed by atoms with Gasteiger partial charge >= 0.3 is 0 Å². The number of hydrogen-bond donors (Lipinski definition) is 1. The molecule has 0 radical (unpaired) electrons. The number of sulfonamides is 1. The van der Waals surface area contributed by atoms with E-state index in [0.717, 1.165) is 10.6 Å². The van der Waals surface area contributed by atoms with Crippen molar-refractivity contribution in [2.45, 2.75) is 26.4 Å². The highest BCUT2D eigenvalue weighted by Gasteiger charge is 2.30. The van der Waals surface area contributed by atoms with Gasteiger partial charge in [-0.1, -0.05) is 23.7 Å². The first-order chi connectivity index (χ1) is 15.6. The summed E-state index contributed by atoms with van der Waals surface area (Å²) in [4.78, 5) is 27.3. The summed E-state index contributed by atoms with van der Waals surface area (Å²) in [5.41, 5.74) is 0.962. The minimum Gasteiger partial charge on any atom is -0.454 e. The highest BCUT2D eigenvalue weighted by molar-refractivity contribution is 7.92. The average Bonchev–Trinajstić information content (AvgIpc) is 3.22. The summed E-state index contributed by atoms with van der Waals surface area (Å²) in [5, 5.41) is 3.19. The second-order valence-electron chi connectivity index (χ2n) is 7.53. The number of ether oxygens (including phenoxy) is 2. The smallest absolute Gasteiger partial charge is 0.244 e. The van der Waals surface area contributed by atoms with Crippen LogP contribution in [0.5, 0.6) is 11.5 Å². The molecule has 9 nitrogen and oxygen atoms in total. The lowest BCUT2D eigenvalue weighted by Gasteiger charge is -2.31. The number of anilines is 1. The number of nitrogens with one attached hydrogen (secondary N) is 1. The molecule has 0 aliphatic carbocycles. The number of rotatable bonds is 9. The normalized spacial score (nSPS) is 13.3. The van der Waals surface area contributed by atoms with E-state index in [2.05, 4.69) is 5.32 Å². The van der Waals surface area contributed by atoms with Crippen LogP contribution in [0.3, 0.4) is 0 Å². The van der Waals surface area contributed by atoms with E-state index in [1.807, 2.05) is 0 Å². The molecule has 2 aromatic rings. The lowest BCUT2D eigenvalue weighted by Crippen LogP contribution is -2.51. The number of fused-ring (bicyclic) bond motifs is 1. The van der Waals surface area contributed by atoms with Crippen molar-refractivity contribution in [3.8, 4) is 11.5 Å². The van der Waals surface area contributed by atoms with E-state index in [9.17, 15) is 18.0 Å². The summed E-state index contributed by atoms with van der Waals surface area (Å²) in [6, 6.07) is 10.7. The van der Waals surface area contributed by atoms with Crippen LogP contribution in [0, 0.1) is 0 Å². The maximum atomic E-state index is 13.4. The van der Waals surface area contributed by atoms with Gasteiger partial charge in [-0.05, 0) is 43.7 Å². The molecule has 0 bridgehead atoms. The number of halogens is 1. The van der Waals surface area contributed by atoms with Crippen molar-refractivity contribution in [2.24, 2.45) is 0 Å². The molecule has 2 amide bonds. The molecule has 0 aromatic heterocycles. The van der Waals surface area contributed by atoms with E-state index in [4.69, 9.17) is 21.1 Å². The number of benzene rings is 2. The van der Waals surface area contributed by atoms with Crippen molar-refractivity contribution < 1.29 is 27.5 Å². The molecule has 1 N–H and O–H groups in total. The Labute approximate surface area is 198 Å². The Balaban J connectivity index is 1.91. The van der Waals surface area contributed by atoms with Gasteiger partial charge in [0.2, 0.25) is 28.6 Å². The molecule has 178 valence electrons. The van der Waals surface area contributed by atoms with E-state index in [1.165, 1.54) is 17.0 Å². The van der Waals surface area contributed by atoms with Crippen LogP contribution in [0.25, 0.3) is 0 Å². The lowest BCUT2D eigenvalue weighted by molar-refractivity contribution is -0.139. The molecule has 1 atom stereocenters. The molecule has 2 aromatic carbocycles. The van der Waals surface area contributed by atoms with Crippen molar-refractivity contribution in [2.75, 3.05) is 30.4 Å². The Bertz CT molecular complexity index is 1140. The number of nitrogens with zero attached hydrogens (tertiary/aromatic N) is 2. The lowest BCUT2D eigenvalue weighted by atomic mass is 10.1. The van der Waals surface area contributed by atoms with Gasteiger partial charge in [-0.15, -0.1) is 0 Å². The summed E-state index contributed by atoms with van der Waals surface area (Å²) < 4.78 is 36.8. The first-order valence-electron chi connectivity index (χ1n) is 10.3. The van der Waals surface area contributed by atoms with Crippen LogP contribution in [-0.4, -0.2) is 57.3 Å². The predicted octanol–water partition coefficient (Wildman–Crippen LogP) is 2.39. The summed E-state index contributed by atoms with van der Waals surface area (Å²) >= 11 is 6.08. The zero-order valence-corrected chi connectivity index (χ0v) is 20.1. The zero-order chi connectivity index (χ0) is 24.2. The van der Waals surface area contributed by atoms with Crippen LogP contribution in [0.1, 0.15) is 19.4 Å². The molecule has 0 spiro atoms. The summed E-state index contributed by atoms with van der Waals surface area (Å²) in [5.74, 6) is -0.00951. The SMILES string of the molecule is CCNC(=O)[C@@H](C)N(Cc1cccc(Cl)c1)C(=O)CN(c1ccc2c(c1)OCO2)S(C)(=O)=O. The molecule has 33 heavy (non-hydrogen) atoms. The summed E-state index contributed by atoms with van der Waals surface area (Å²) in [6.07, 6.45) is 1.01. The fourth-order valence-electron chi connectivity index (χ4n) is 3.39. The summed E-state index contributed by atoms with van der Waals surface area (Å²) in [6.45, 7) is 3.39. The van der Waals surface area contributed by atoms with Crippen LogP contribution < -0.4 is 19.1 Å². The Hall–Kier alpha value is -2.98. The van der Waals surface area contributed by atoms with E-state index < -0.39 is 28.5 Å². The zero-order valence-electron chi connectivity index (χ0n) is 18.6. The monoisotopic (exact) mass is 495 g/mol. The van der Waals surface area contributed by atoms with Gasteiger partial charge in [-0.2, -0.15) is 0 Å². The van der Waals surface area contributed by atoms with Crippen molar-refractivity contribution in [3.63, 3.8) is 0 Å². The van der Waals surface area contributed by atoms with Crippen LogP contribution in [-0.2, 0) is 26.2 Å². The number of carbonyl (C=O) groups excluding carboxylic acids is 2. The first kappa shape index (κ1) is 24.7. The maximum absolute atomic E-state index is 13.4. The maximum Gasteiger partial charge on any atom is 0.244 e. The third-order valence-corrected chi connectivity index (χ3v) is 6.46. The number of likely N-dealkylation sites (N-methyl/N-ethyl adjacent to an activating group) is 1. The van der Waals surface area contributed by atoms with Gasteiger partial charge in [0.1, 0.15) is 12.6 Å². The highest BCUT2D eigenvalue weighted by atomic mass is 35.5. The quantitative estimate of drug-likeness (QED) is 0.572. The number of carbonyl (C=O) groups is 2. The van der Waals surface area contributed by atoms with Crippen LogP contribution in [0.2, 0.25) is 5.02 Å². The summed E-state index contributed by atoms with van der Waals surface area (Å²) in [7, 11) is -3.83. The molecule has 1 heterocycles. The van der Waals surface area contributed by atoms with Crippen molar-refractivity contribution in [1.29, 1.82) is 0 Å². The Kier molecular flexibility index (Phi) is 7.70. The molecule has 1 aliphatic rings. The molecule has 0 saturated heterocycles. The molecular formula is C22H26ClN3O6S. The van der Waals surface area contributed by atoms with Crippen molar-refractivity contribution >= 4 is 39.1 Å². The van der Waals surface area contributed by atoms with E-state index in [1.54, 1.807) is 44.2 Å². The topological polar surface area (TPSA) is 105 Å². The van der Waals surface area contributed by atoms with Gasteiger partial charge in [0.15, 0.2) is 11.5 Å². The molecule has 1 aliphatic heterocycles. The molecule has 0 fully saturated rings. The van der Waals surface area contributed by atoms with Crippen molar-refractivity contribution in [1.82, 2.24) is 10.2 Å². The van der Waals surface area contributed by atoms with E-state index in [-0.39, 0.29) is 24.9 Å². The van der Waals surface area contributed by atoms with Gasteiger partial charge in [0.05, 0.1) is 11.9 Å². The fraction of sp³-hybridized carbons (Fsp3) is 0.364. The number of hydrogen-bond acceptors (Lipinski definition) is 6. The average molecular weight is 496 g/mol. The molecule has 11 heteroatoms. The third-order valence-electron chi connectivity index (χ3n) is 5.08. The second kappa shape index (κ2) is 10.3. The molecule has 0 saturated carbocycles. The number of amides is 2.